The molecule has 0 aromatic rings. The van der Waals surface area contributed by atoms with Crippen LogP contribution >= 0.6 is 0 Å². The van der Waals surface area contributed by atoms with Crippen LogP contribution in [0.2, 0.25) is 0 Å². The Morgan fingerprint density at radius 2 is 2.60 bits per heavy atom. The van der Waals surface area contributed by atoms with E-state index in [9.17, 15) is 0 Å². The van der Waals surface area contributed by atoms with Crippen LogP contribution in [-0.2, 0) is 4.79 Å². The number of rotatable bonds is 2. The molecule has 0 fully saturated rings. The molecular formula is CH4BNO2. The Balaban J connectivity index is 2.40. The van der Waals surface area contributed by atoms with Gasteiger partial charge >= 0.3 is 7.62 Å². The molecule has 1 amide bonds. The third-order valence-corrected chi connectivity index (χ3v) is 0.175. The van der Waals surface area contributed by atoms with Crippen molar-refractivity contribution in [3.05, 3.63) is 0 Å². The van der Waals surface area contributed by atoms with E-state index >= 15 is 0 Å². The van der Waals surface area contributed by atoms with E-state index in [0.717, 1.165) is 0 Å². The van der Waals surface area contributed by atoms with E-state index in [0.29, 0.717) is 6.41 Å². The van der Waals surface area contributed by atoms with Crippen molar-refractivity contribution in [2.24, 2.45) is 0 Å². The fourth-order valence-electron chi connectivity index (χ4n) is 0.0373. The zero-order valence-electron chi connectivity index (χ0n) is 2.64. The van der Waals surface area contributed by atoms with Crippen molar-refractivity contribution in [3.63, 3.8) is 0 Å². The molecule has 0 saturated carbocycles. The summed E-state index contributed by atoms with van der Waals surface area (Å²) < 4.78 is 0. The number of hydrogen-bond donors (Lipinski definition) is 2. The lowest BCUT2D eigenvalue weighted by molar-refractivity contribution is -0.108. The predicted molar refractivity (Wildman–Crippen MR) is 18.6 cm³/mol. The van der Waals surface area contributed by atoms with E-state index in [1.165, 1.54) is 0 Å². The maximum atomic E-state index is 9.13. The Bertz CT molecular complexity index is 30.8. The minimum Gasteiger partial charge on any atom is -0.435 e. The van der Waals surface area contributed by atoms with Crippen LogP contribution in [0.25, 0.3) is 0 Å². The van der Waals surface area contributed by atoms with Crippen molar-refractivity contribution in [1.82, 2.24) is 5.23 Å². The van der Waals surface area contributed by atoms with Gasteiger partial charge in [-0.2, -0.15) is 0 Å². The van der Waals surface area contributed by atoms with E-state index < -0.39 is 0 Å². The van der Waals surface area contributed by atoms with Crippen LogP contribution in [0.1, 0.15) is 0 Å². The molecule has 0 rings (SSSR count). The molecule has 0 bridgehead atoms. The van der Waals surface area contributed by atoms with Gasteiger partial charge in [-0.15, -0.1) is 0 Å². The highest BCUT2D eigenvalue weighted by molar-refractivity contribution is 6.25. The summed E-state index contributed by atoms with van der Waals surface area (Å²) in [6.07, 6.45) is 0.431. The van der Waals surface area contributed by atoms with Gasteiger partial charge in [0.25, 0.3) is 0 Å². The predicted octanol–water partition coefficient (Wildman–Crippen LogP) is -2.01. The van der Waals surface area contributed by atoms with Gasteiger partial charge in [0.2, 0.25) is 0 Å². The second kappa shape index (κ2) is 3.49. The maximum absolute atomic E-state index is 9.13. The van der Waals surface area contributed by atoms with Gasteiger partial charge in [-0.3, -0.25) is 4.79 Å². The van der Waals surface area contributed by atoms with Crippen molar-refractivity contribution in [3.8, 4) is 0 Å². The summed E-state index contributed by atoms with van der Waals surface area (Å²) in [5, 5.41) is 9.71. The van der Waals surface area contributed by atoms with Crippen LogP contribution in [0.4, 0.5) is 0 Å². The Morgan fingerprint density at radius 1 is 2.00 bits per heavy atom. The van der Waals surface area contributed by atoms with Crippen LogP contribution in [-0.4, -0.2) is 19.1 Å². The number of amides is 1. The molecular weight excluding hydrogens is 68.8 g/mol. The van der Waals surface area contributed by atoms with Crippen molar-refractivity contribution in [1.29, 1.82) is 0 Å². The Hall–Kier alpha value is -0.505. The first-order chi connectivity index (χ1) is 2.41. The topological polar surface area (TPSA) is 49.3 Å². The van der Waals surface area contributed by atoms with Crippen LogP contribution in [0.3, 0.4) is 0 Å². The van der Waals surface area contributed by atoms with Crippen molar-refractivity contribution in [2.75, 3.05) is 0 Å². The highest BCUT2D eigenvalue weighted by Crippen LogP contribution is 1.23. The van der Waals surface area contributed by atoms with Crippen molar-refractivity contribution in [2.45, 2.75) is 0 Å². The van der Waals surface area contributed by atoms with Crippen LogP contribution in [0.15, 0.2) is 0 Å². The highest BCUT2D eigenvalue weighted by Gasteiger charge is 1.68. The van der Waals surface area contributed by atoms with E-state index in [-0.39, 0.29) is 7.62 Å². The molecule has 0 aromatic heterocycles. The molecule has 0 spiro atoms. The summed E-state index contributed by atoms with van der Waals surface area (Å²) in [5.74, 6) is 0. The zero-order valence-corrected chi connectivity index (χ0v) is 2.64. The molecule has 0 aromatic carbocycles. The lowest BCUT2D eigenvalue weighted by Gasteiger charge is -1.74. The molecule has 0 unspecified atom stereocenters. The number of carbonyl (C=O) groups excluding carboxylic acids is 1. The molecule has 2 N–H and O–H groups in total. The minimum absolute atomic E-state index is 0.274. The van der Waals surface area contributed by atoms with Gasteiger partial charge in [0.1, 0.15) is 0 Å². The quantitative estimate of drug-likeness (QED) is 0.293. The number of hydrogen-bond acceptors (Lipinski definition) is 2. The van der Waals surface area contributed by atoms with E-state index in [2.05, 4.69) is 0 Å². The second-order valence-corrected chi connectivity index (χ2v) is 0.480. The average molecular weight is 72.9 g/mol. The standard InChI is InChI=1S/CH4BNO2/c4-1-3-2-5/h1-2,5H,(H,3,4). The van der Waals surface area contributed by atoms with Crippen molar-refractivity contribution < 1.29 is 9.82 Å². The lowest BCUT2D eigenvalue weighted by atomic mass is 10.3. The SMILES string of the molecule is O=CNBO. The summed E-state index contributed by atoms with van der Waals surface area (Å²) in [4.78, 5) is 9.13. The molecule has 0 aliphatic rings. The zero-order chi connectivity index (χ0) is 4.12. The number of carbonyl (C=O) groups is 1. The molecule has 5 heavy (non-hydrogen) atoms. The summed E-state index contributed by atoms with van der Waals surface area (Å²) in [5.41, 5.74) is 0. The van der Waals surface area contributed by atoms with Gasteiger partial charge in [-0.1, -0.05) is 0 Å². The van der Waals surface area contributed by atoms with Gasteiger partial charge in [0, 0.05) is 0 Å². The summed E-state index contributed by atoms with van der Waals surface area (Å²) in [6, 6.07) is 0. The van der Waals surface area contributed by atoms with E-state index in [1.54, 1.807) is 0 Å². The summed E-state index contributed by atoms with van der Waals surface area (Å²) >= 11 is 0. The van der Waals surface area contributed by atoms with Crippen LogP contribution in [0.5, 0.6) is 0 Å². The van der Waals surface area contributed by atoms with Crippen LogP contribution < -0.4 is 5.23 Å². The first-order valence-electron chi connectivity index (χ1n) is 1.19. The molecule has 3 nitrogen and oxygen atoms in total. The third-order valence-electron chi connectivity index (χ3n) is 0.175. The van der Waals surface area contributed by atoms with Gasteiger partial charge in [-0.25, -0.2) is 0 Å². The minimum atomic E-state index is -0.274. The highest BCUT2D eigenvalue weighted by atomic mass is 16.2. The number of nitrogens with one attached hydrogen (secondary N) is 1. The fraction of sp³-hybridized carbons (Fsp3) is 0. The first-order valence-corrected chi connectivity index (χ1v) is 1.19. The Morgan fingerprint density at radius 3 is 2.60 bits per heavy atom. The first kappa shape index (κ1) is 4.49. The average Bonchev–Trinajstić information content (AvgIpc) is 1.41. The second-order valence-electron chi connectivity index (χ2n) is 0.480. The monoisotopic (exact) mass is 73.0 g/mol. The Labute approximate surface area is 30.3 Å². The largest absolute Gasteiger partial charge is 0.435 e. The molecule has 0 heterocycles. The van der Waals surface area contributed by atoms with Crippen molar-refractivity contribution >= 4 is 14.0 Å². The molecule has 0 aliphatic carbocycles. The van der Waals surface area contributed by atoms with E-state index in [1.807, 2.05) is 5.23 Å². The van der Waals surface area contributed by atoms with Gasteiger partial charge in [-0.05, 0) is 0 Å². The smallest absolute Gasteiger partial charge is 0.393 e. The molecule has 4 heteroatoms. The summed E-state index contributed by atoms with van der Waals surface area (Å²) in [6.45, 7) is 0. The third kappa shape index (κ3) is 3.49. The van der Waals surface area contributed by atoms with Gasteiger partial charge < -0.3 is 10.3 Å². The summed E-state index contributed by atoms with van der Waals surface area (Å²) in [7, 11) is -0.274. The van der Waals surface area contributed by atoms with E-state index in [4.69, 9.17) is 9.82 Å². The van der Waals surface area contributed by atoms with Gasteiger partial charge in [0.05, 0.1) is 0 Å². The molecule has 0 saturated heterocycles. The lowest BCUT2D eigenvalue weighted by Crippen LogP contribution is -2.14. The van der Waals surface area contributed by atoms with Crippen LogP contribution in [0, 0.1) is 0 Å². The normalized spacial score (nSPS) is 5.80. The van der Waals surface area contributed by atoms with Gasteiger partial charge in [0.15, 0.2) is 6.41 Å². The molecule has 0 atom stereocenters. The Kier molecular flexibility index (Phi) is 3.14. The maximum Gasteiger partial charge on any atom is 0.393 e. The molecule has 28 valence electrons. The molecule has 0 radical (unpaired) electrons. The fourth-order valence-corrected chi connectivity index (χ4v) is 0.0373. The molecule has 0 aliphatic heterocycles.